The van der Waals surface area contributed by atoms with Crippen LogP contribution in [0, 0.1) is 6.92 Å². The van der Waals surface area contributed by atoms with Gasteiger partial charge in [-0.1, -0.05) is 0 Å². The summed E-state index contributed by atoms with van der Waals surface area (Å²) in [7, 11) is 0. The molecule has 2 N–H and O–H groups in total. The average molecular weight is 252 g/mol. The van der Waals surface area contributed by atoms with Gasteiger partial charge < -0.3 is 10.4 Å². The summed E-state index contributed by atoms with van der Waals surface area (Å²) in [6, 6.07) is 8.91. The van der Waals surface area contributed by atoms with E-state index in [4.69, 9.17) is 0 Å². The van der Waals surface area contributed by atoms with Gasteiger partial charge in [0.25, 0.3) is 0 Å². The van der Waals surface area contributed by atoms with Gasteiger partial charge in [-0.2, -0.15) is 0 Å². The Balaban J connectivity index is 2.06. The summed E-state index contributed by atoms with van der Waals surface area (Å²) in [6.07, 6.45) is 3.18. The van der Waals surface area contributed by atoms with E-state index in [0.29, 0.717) is 11.5 Å². The highest BCUT2D eigenvalue weighted by molar-refractivity contribution is 5.88. The zero-order chi connectivity index (χ0) is 13.2. The fourth-order valence-corrected chi connectivity index (χ4v) is 1.91. The molecule has 94 valence electrons. The molecular weight excluding hydrogens is 240 g/mol. The second kappa shape index (κ2) is 4.53. The molecule has 0 aliphatic carbocycles. The number of phenols is 1. The number of hydrogen-bond acceptors (Lipinski definition) is 5. The first-order chi connectivity index (χ1) is 9.24. The van der Waals surface area contributed by atoms with E-state index < -0.39 is 0 Å². The largest absolute Gasteiger partial charge is 0.508 e. The predicted octanol–water partition coefficient (Wildman–Crippen LogP) is 2.78. The van der Waals surface area contributed by atoms with Crippen molar-refractivity contribution in [2.24, 2.45) is 0 Å². The molecule has 0 fully saturated rings. The van der Waals surface area contributed by atoms with Crippen LogP contribution < -0.4 is 5.32 Å². The maximum Gasteiger partial charge on any atom is 0.164 e. The van der Waals surface area contributed by atoms with Crippen LogP contribution in [-0.4, -0.2) is 20.1 Å². The molecule has 0 radical (unpaired) electrons. The number of anilines is 2. The molecule has 0 saturated heterocycles. The summed E-state index contributed by atoms with van der Waals surface area (Å²) in [5.74, 6) is 0.948. The van der Waals surface area contributed by atoms with E-state index >= 15 is 0 Å². The van der Waals surface area contributed by atoms with Gasteiger partial charge in [-0.25, -0.2) is 15.0 Å². The number of nitrogens with zero attached hydrogens (tertiary/aromatic N) is 3. The molecule has 2 heterocycles. The van der Waals surface area contributed by atoms with Crippen molar-refractivity contribution < 1.29 is 5.11 Å². The first-order valence-corrected chi connectivity index (χ1v) is 5.86. The van der Waals surface area contributed by atoms with Gasteiger partial charge in [0.05, 0.1) is 5.39 Å². The molecule has 2 aromatic heterocycles. The Morgan fingerprint density at radius 2 is 2.00 bits per heavy atom. The molecule has 1 aromatic carbocycles. The summed E-state index contributed by atoms with van der Waals surface area (Å²) in [4.78, 5) is 12.5. The van der Waals surface area contributed by atoms with Crippen LogP contribution in [0.3, 0.4) is 0 Å². The fourth-order valence-electron chi connectivity index (χ4n) is 1.91. The average Bonchev–Trinajstić information content (AvgIpc) is 2.42. The Kier molecular flexibility index (Phi) is 2.72. The second-order valence-corrected chi connectivity index (χ2v) is 4.22. The normalized spacial score (nSPS) is 10.6. The second-order valence-electron chi connectivity index (χ2n) is 4.22. The molecular formula is C14H12N4O. The third kappa shape index (κ3) is 2.18. The number of phenolic OH excluding ortho intramolecular Hbond substituents is 1. The van der Waals surface area contributed by atoms with Crippen molar-refractivity contribution in [2.75, 3.05) is 5.32 Å². The molecule has 3 rings (SSSR count). The fraction of sp³-hybridized carbons (Fsp3) is 0.0714. The highest BCUT2D eigenvalue weighted by atomic mass is 16.3. The van der Waals surface area contributed by atoms with E-state index in [2.05, 4.69) is 20.3 Å². The zero-order valence-electron chi connectivity index (χ0n) is 10.3. The standard InChI is InChI=1S/C14H12N4O/c1-9-7-10(19)4-5-12(9)18-14-11-3-2-6-15-13(11)16-8-17-14/h2-8,19H,1H3,(H,15,16,17,18). The van der Waals surface area contributed by atoms with Crippen LogP contribution in [0.25, 0.3) is 11.0 Å². The highest BCUT2D eigenvalue weighted by Gasteiger charge is 2.06. The van der Waals surface area contributed by atoms with Gasteiger partial charge in [0.15, 0.2) is 5.65 Å². The molecule has 0 amide bonds. The minimum atomic E-state index is 0.247. The number of rotatable bonds is 2. The number of pyridine rings is 1. The molecule has 0 saturated carbocycles. The molecule has 0 aliphatic heterocycles. The van der Waals surface area contributed by atoms with Crippen molar-refractivity contribution in [1.29, 1.82) is 0 Å². The van der Waals surface area contributed by atoms with Crippen LogP contribution in [0.5, 0.6) is 5.75 Å². The monoisotopic (exact) mass is 252 g/mol. The van der Waals surface area contributed by atoms with Gasteiger partial charge in [0.1, 0.15) is 17.9 Å². The van der Waals surface area contributed by atoms with Crippen LogP contribution in [0.4, 0.5) is 11.5 Å². The molecule has 0 bridgehead atoms. The lowest BCUT2D eigenvalue weighted by molar-refractivity contribution is 0.475. The van der Waals surface area contributed by atoms with Gasteiger partial charge in [0, 0.05) is 11.9 Å². The van der Waals surface area contributed by atoms with Crippen molar-refractivity contribution in [1.82, 2.24) is 15.0 Å². The number of aromatic hydroxyl groups is 1. The SMILES string of the molecule is Cc1cc(O)ccc1Nc1ncnc2ncccc12. The van der Waals surface area contributed by atoms with Gasteiger partial charge in [-0.05, 0) is 42.8 Å². The first kappa shape index (κ1) is 11.4. The van der Waals surface area contributed by atoms with Gasteiger partial charge in [-0.15, -0.1) is 0 Å². The molecule has 19 heavy (non-hydrogen) atoms. The lowest BCUT2D eigenvalue weighted by Gasteiger charge is -2.10. The van der Waals surface area contributed by atoms with Crippen LogP contribution in [0.2, 0.25) is 0 Å². The summed E-state index contributed by atoms with van der Waals surface area (Å²) < 4.78 is 0. The summed E-state index contributed by atoms with van der Waals surface area (Å²) in [6.45, 7) is 1.92. The number of hydrogen-bond donors (Lipinski definition) is 2. The molecule has 0 atom stereocenters. The van der Waals surface area contributed by atoms with Crippen molar-refractivity contribution in [2.45, 2.75) is 6.92 Å². The third-order valence-corrected chi connectivity index (χ3v) is 2.87. The van der Waals surface area contributed by atoms with Crippen molar-refractivity contribution >= 4 is 22.5 Å². The number of fused-ring (bicyclic) bond motifs is 1. The molecule has 0 aliphatic rings. The molecule has 5 heteroatoms. The number of aryl methyl sites for hydroxylation is 1. The smallest absolute Gasteiger partial charge is 0.164 e. The van der Waals surface area contributed by atoms with Crippen molar-refractivity contribution in [3.05, 3.63) is 48.4 Å². The zero-order valence-corrected chi connectivity index (χ0v) is 10.3. The van der Waals surface area contributed by atoms with Crippen LogP contribution in [0.1, 0.15) is 5.56 Å². The number of benzene rings is 1. The Morgan fingerprint density at radius 1 is 1.11 bits per heavy atom. The minimum Gasteiger partial charge on any atom is -0.508 e. The topological polar surface area (TPSA) is 70.9 Å². The Bertz CT molecular complexity index is 737. The quantitative estimate of drug-likeness (QED) is 0.686. The Labute approximate surface area is 110 Å². The predicted molar refractivity (Wildman–Crippen MR) is 73.5 cm³/mol. The van der Waals surface area contributed by atoms with E-state index in [9.17, 15) is 5.11 Å². The van der Waals surface area contributed by atoms with Gasteiger partial charge in [0.2, 0.25) is 0 Å². The van der Waals surface area contributed by atoms with Gasteiger partial charge >= 0.3 is 0 Å². The Hall–Kier alpha value is -2.69. The van der Waals surface area contributed by atoms with E-state index in [-0.39, 0.29) is 5.75 Å². The molecule has 0 unspecified atom stereocenters. The minimum absolute atomic E-state index is 0.247. The van der Waals surface area contributed by atoms with E-state index in [1.54, 1.807) is 18.3 Å². The van der Waals surface area contributed by atoms with Crippen LogP contribution in [0.15, 0.2) is 42.9 Å². The van der Waals surface area contributed by atoms with Crippen molar-refractivity contribution in [3.8, 4) is 5.75 Å². The Morgan fingerprint density at radius 3 is 2.84 bits per heavy atom. The maximum atomic E-state index is 9.41. The lowest BCUT2D eigenvalue weighted by Crippen LogP contribution is -1.98. The molecule has 0 spiro atoms. The maximum absolute atomic E-state index is 9.41. The summed E-state index contributed by atoms with van der Waals surface area (Å²) >= 11 is 0. The number of aromatic nitrogens is 3. The van der Waals surface area contributed by atoms with E-state index in [1.807, 2.05) is 25.1 Å². The van der Waals surface area contributed by atoms with Crippen LogP contribution in [-0.2, 0) is 0 Å². The third-order valence-electron chi connectivity index (χ3n) is 2.87. The first-order valence-electron chi connectivity index (χ1n) is 5.86. The summed E-state index contributed by atoms with van der Waals surface area (Å²) in [5.41, 5.74) is 2.48. The lowest BCUT2D eigenvalue weighted by atomic mass is 10.2. The van der Waals surface area contributed by atoms with Gasteiger partial charge in [-0.3, -0.25) is 0 Å². The summed E-state index contributed by atoms with van der Waals surface area (Å²) in [5, 5.41) is 13.5. The molecule has 5 nitrogen and oxygen atoms in total. The highest BCUT2D eigenvalue weighted by Crippen LogP contribution is 2.25. The van der Waals surface area contributed by atoms with Crippen LogP contribution >= 0.6 is 0 Å². The van der Waals surface area contributed by atoms with Crippen molar-refractivity contribution in [3.63, 3.8) is 0 Å². The molecule has 3 aromatic rings. The number of nitrogens with one attached hydrogen (secondary N) is 1. The van der Waals surface area contributed by atoms with E-state index in [0.717, 1.165) is 16.6 Å². The van der Waals surface area contributed by atoms with E-state index in [1.165, 1.54) is 6.33 Å².